The van der Waals surface area contributed by atoms with E-state index in [0.717, 1.165) is 50.4 Å². The van der Waals surface area contributed by atoms with Crippen LogP contribution >= 0.6 is 24.0 Å². The molecular formula is C19H33IN6O2. The molecule has 0 aromatic carbocycles. The fourth-order valence-corrected chi connectivity index (χ4v) is 3.37. The fourth-order valence-electron chi connectivity index (χ4n) is 3.37. The number of carbonyl (C=O) groups excluding carboxylic acids is 1. The number of aliphatic imine (C=N–C) groups is 1. The predicted molar refractivity (Wildman–Crippen MR) is 120 cm³/mol. The lowest BCUT2D eigenvalue weighted by Gasteiger charge is -2.34. The third-order valence-corrected chi connectivity index (χ3v) is 5.17. The van der Waals surface area contributed by atoms with Crippen LogP contribution in [-0.4, -0.2) is 65.9 Å². The van der Waals surface area contributed by atoms with E-state index in [2.05, 4.69) is 27.6 Å². The van der Waals surface area contributed by atoms with E-state index in [1.165, 1.54) is 6.42 Å². The summed E-state index contributed by atoms with van der Waals surface area (Å²) in [6.07, 6.45) is 8.01. The Morgan fingerprint density at radius 3 is 2.86 bits per heavy atom. The van der Waals surface area contributed by atoms with E-state index < -0.39 is 0 Å². The van der Waals surface area contributed by atoms with Crippen LogP contribution < -0.4 is 10.6 Å². The summed E-state index contributed by atoms with van der Waals surface area (Å²) >= 11 is 0. The smallest absolute Gasteiger partial charge is 0.223 e. The number of ether oxygens (including phenoxy) is 1. The second kappa shape index (κ2) is 11.6. The number of rotatable bonds is 7. The zero-order valence-corrected chi connectivity index (χ0v) is 19.2. The van der Waals surface area contributed by atoms with Crippen LogP contribution in [0.2, 0.25) is 0 Å². The largest absolute Gasteiger partial charge is 0.370 e. The second-order valence-electron chi connectivity index (χ2n) is 7.26. The van der Waals surface area contributed by atoms with Gasteiger partial charge in [-0.2, -0.15) is 5.10 Å². The van der Waals surface area contributed by atoms with E-state index in [1.807, 2.05) is 19.4 Å². The second-order valence-corrected chi connectivity index (χ2v) is 7.26. The van der Waals surface area contributed by atoms with Gasteiger partial charge in [0.25, 0.3) is 0 Å². The normalized spacial score (nSPS) is 20.3. The molecule has 28 heavy (non-hydrogen) atoms. The lowest BCUT2D eigenvalue weighted by Crippen LogP contribution is -2.48. The van der Waals surface area contributed by atoms with Crippen molar-refractivity contribution in [1.29, 1.82) is 0 Å². The summed E-state index contributed by atoms with van der Waals surface area (Å²) in [5.41, 5.74) is 1.09. The molecule has 1 aliphatic carbocycles. The summed E-state index contributed by atoms with van der Waals surface area (Å²) in [7, 11) is 1.92. The van der Waals surface area contributed by atoms with Crippen LogP contribution in [0.1, 0.15) is 44.3 Å². The van der Waals surface area contributed by atoms with Gasteiger partial charge in [0, 0.05) is 50.9 Å². The van der Waals surface area contributed by atoms with Crippen LogP contribution in [0, 0.1) is 5.92 Å². The highest BCUT2D eigenvalue weighted by atomic mass is 127. The number of nitrogens with zero attached hydrogens (tertiary/aromatic N) is 4. The third-order valence-electron chi connectivity index (χ3n) is 5.17. The molecule has 0 radical (unpaired) electrons. The van der Waals surface area contributed by atoms with Crippen LogP contribution in [0.25, 0.3) is 0 Å². The average molecular weight is 504 g/mol. The van der Waals surface area contributed by atoms with E-state index in [1.54, 1.807) is 4.68 Å². The van der Waals surface area contributed by atoms with Crippen LogP contribution in [-0.2, 0) is 16.6 Å². The van der Waals surface area contributed by atoms with E-state index in [9.17, 15) is 4.79 Å². The van der Waals surface area contributed by atoms with Gasteiger partial charge >= 0.3 is 0 Å². The van der Waals surface area contributed by atoms with Crippen LogP contribution in [0.3, 0.4) is 0 Å². The van der Waals surface area contributed by atoms with Gasteiger partial charge in [0.2, 0.25) is 5.91 Å². The molecule has 1 atom stereocenters. The molecule has 1 aliphatic heterocycles. The first kappa shape index (κ1) is 22.9. The molecule has 158 valence electrons. The van der Waals surface area contributed by atoms with Crippen molar-refractivity contribution < 1.29 is 9.53 Å². The Labute approximate surface area is 184 Å². The van der Waals surface area contributed by atoms with Crippen LogP contribution in [0.15, 0.2) is 17.4 Å². The maximum Gasteiger partial charge on any atom is 0.223 e. The Morgan fingerprint density at radius 1 is 1.39 bits per heavy atom. The minimum Gasteiger partial charge on any atom is -0.370 e. The molecule has 0 bridgehead atoms. The topological polar surface area (TPSA) is 83.8 Å². The minimum atomic E-state index is 0. The summed E-state index contributed by atoms with van der Waals surface area (Å²) in [4.78, 5) is 18.9. The monoisotopic (exact) mass is 504 g/mol. The van der Waals surface area contributed by atoms with Gasteiger partial charge in [-0.1, -0.05) is 6.42 Å². The van der Waals surface area contributed by atoms with Crippen molar-refractivity contribution in [2.45, 2.75) is 38.7 Å². The van der Waals surface area contributed by atoms with Gasteiger partial charge in [0.05, 0.1) is 19.3 Å². The Kier molecular flexibility index (Phi) is 9.49. The fraction of sp³-hybridized carbons (Fsp3) is 0.737. The number of amides is 1. The van der Waals surface area contributed by atoms with Gasteiger partial charge in [0.15, 0.2) is 5.96 Å². The zero-order valence-electron chi connectivity index (χ0n) is 16.9. The SMILES string of the molecule is CCNC(=NCCCNC(=O)C1CCC1)N1CCOC(c2cnn(C)c2)C1.I. The predicted octanol–water partition coefficient (Wildman–Crippen LogP) is 1.68. The molecule has 1 aromatic heterocycles. The summed E-state index contributed by atoms with van der Waals surface area (Å²) < 4.78 is 7.72. The quantitative estimate of drug-likeness (QED) is 0.256. The zero-order chi connectivity index (χ0) is 19.1. The molecule has 2 heterocycles. The molecule has 1 saturated heterocycles. The van der Waals surface area contributed by atoms with Crippen LogP contribution in [0.4, 0.5) is 0 Å². The Balaban J connectivity index is 0.00000280. The minimum absolute atomic E-state index is 0. The molecule has 2 aliphatic rings. The number of aryl methyl sites for hydroxylation is 1. The number of hydrogen-bond acceptors (Lipinski definition) is 4. The van der Waals surface area contributed by atoms with Crippen molar-refractivity contribution in [3.05, 3.63) is 18.0 Å². The first-order chi connectivity index (χ1) is 13.2. The highest BCUT2D eigenvalue weighted by molar-refractivity contribution is 14.0. The Morgan fingerprint density at radius 2 is 2.21 bits per heavy atom. The van der Waals surface area contributed by atoms with Gasteiger partial charge in [-0.15, -0.1) is 24.0 Å². The molecule has 9 heteroatoms. The highest BCUT2D eigenvalue weighted by Crippen LogP contribution is 2.26. The van der Waals surface area contributed by atoms with Gasteiger partial charge in [0.1, 0.15) is 6.10 Å². The molecule has 2 fully saturated rings. The number of nitrogens with one attached hydrogen (secondary N) is 2. The van der Waals surface area contributed by atoms with Gasteiger partial charge in [-0.3, -0.25) is 14.5 Å². The highest BCUT2D eigenvalue weighted by Gasteiger charge is 2.26. The summed E-state index contributed by atoms with van der Waals surface area (Å²) in [5.74, 6) is 1.38. The first-order valence-electron chi connectivity index (χ1n) is 10.1. The van der Waals surface area contributed by atoms with Crippen molar-refractivity contribution in [3.8, 4) is 0 Å². The molecule has 0 spiro atoms. The lowest BCUT2D eigenvalue weighted by atomic mass is 9.85. The van der Waals surface area contributed by atoms with Gasteiger partial charge in [-0.05, 0) is 26.2 Å². The van der Waals surface area contributed by atoms with Crippen molar-refractivity contribution in [1.82, 2.24) is 25.3 Å². The Hall–Kier alpha value is -1.36. The van der Waals surface area contributed by atoms with Crippen LogP contribution in [0.5, 0.6) is 0 Å². The van der Waals surface area contributed by atoms with Crippen molar-refractivity contribution in [2.24, 2.45) is 18.0 Å². The van der Waals surface area contributed by atoms with Crippen molar-refractivity contribution in [3.63, 3.8) is 0 Å². The number of morpholine rings is 1. The van der Waals surface area contributed by atoms with Crippen molar-refractivity contribution in [2.75, 3.05) is 39.3 Å². The molecule has 1 aromatic rings. The molecule has 1 saturated carbocycles. The van der Waals surface area contributed by atoms with Crippen molar-refractivity contribution >= 4 is 35.8 Å². The number of hydrogen-bond donors (Lipinski definition) is 2. The summed E-state index contributed by atoms with van der Waals surface area (Å²) in [6.45, 7) is 6.54. The molecule has 2 N–H and O–H groups in total. The van der Waals surface area contributed by atoms with E-state index in [4.69, 9.17) is 9.73 Å². The summed E-state index contributed by atoms with van der Waals surface area (Å²) in [5, 5.41) is 10.6. The molecular weight excluding hydrogens is 471 g/mol. The van der Waals surface area contributed by atoms with E-state index in [0.29, 0.717) is 19.7 Å². The van der Waals surface area contributed by atoms with E-state index in [-0.39, 0.29) is 41.9 Å². The molecule has 8 nitrogen and oxygen atoms in total. The van der Waals surface area contributed by atoms with E-state index >= 15 is 0 Å². The third kappa shape index (κ3) is 6.33. The number of guanidine groups is 1. The first-order valence-corrected chi connectivity index (χ1v) is 10.1. The lowest BCUT2D eigenvalue weighted by molar-refractivity contribution is -0.127. The molecule has 3 rings (SSSR count). The molecule has 1 amide bonds. The summed E-state index contributed by atoms with van der Waals surface area (Å²) in [6, 6.07) is 0. The maximum atomic E-state index is 11.9. The Bertz CT molecular complexity index is 646. The van der Waals surface area contributed by atoms with Gasteiger partial charge in [-0.25, -0.2) is 0 Å². The van der Waals surface area contributed by atoms with Gasteiger partial charge < -0.3 is 20.3 Å². The number of aromatic nitrogens is 2. The maximum absolute atomic E-state index is 11.9. The number of carbonyl (C=O) groups is 1. The number of halogens is 1. The standard InChI is InChI=1S/C19H32N6O2.HI/c1-3-20-19(22-9-5-8-21-18(26)15-6-4-7-15)25-10-11-27-17(14-25)16-12-23-24(2)13-16;/h12-13,15,17H,3-11,14H2,1-2H3,(H,20,22)(H,21,26);1H. The molecule has 1 unspecified atom stereocenters. The average Bonchev–Trinajstić information content (AvgIpc) is 3.05.